The third-order valence-corrected chi connectivity index (χ3v) is 4.69. The summed E-state index contributed by atoms with van der Waals surface area (Å²) in [7, 11) is 0. The van der Waals surface area contributed by atoms with Gasteiger partial charge in [0.2, 0.25) is 0 Å². The third-order valence-electron chi connectivity index (χ3n) is 4.45. The zero-order valence-corrected chi connectivity index (χ0v) is 17.2. The number of nitrogens with one attached hydrogen (secondary N) is 1. The van der Waals surface area contributed by atoms with Gasteiger partial charge in [-0.05, 0) is 36.1 Å². The number of carbonyl (C=O) groups is 1. The molecule has 0 atom stereocenters. The second-order valence-corrected chi connectivity index (χ2v) is 9.16. The maximum Gasteiger partial charge on any atom is 0.317 e. The molecule has 1 aliphatic rings. The summed E-state index contributed by atoms with van der Waals surface area (Å²) < 4.78 is 0. The van der Waals surface area contributed by atoms with Gasteiger partial charge in [-0.25, -0.2) is 4.79 Å². The van der Waals surface area contributed by atoms with Crippen molar-refractivity contribution < 1.29 is 4.79 Å². The van der Waals surface area contributed by atoms with Crippen molar-refractivity contribution in [2.75, 3.05) is 19.6 Å². The number of benzene rings is 1. The predicted molar refractivity (Wildman–Crippen MR) is 109 cm³/mol. The fourth-order valence-corrected chi connectivity index (χ4v) is 3.11. The molecule has 0 spiro atoms. The van der Waals surface area contributed by atoms with E-state index in [1.807, 2.05) is 35.2 Å². The molecule has 3 nitrogen and oxygen atoms in total. The molecule has 0 aromatic heterocycles. The number of urea groups is 1. The van der Waals surface area contributed by atoms with Gasteiger partial charge in [-0.2, -0.15) is 0 Å². The molecule has 0 saturated carbocycles. The first-order valence-corrected chi connectivity index (χ1v) is 9.44. The SMILES string of the molecule is CC(C)(C)CNC(=O)N1CC/C(=C\C#Cc2cccc(Cl)c2)C(C)(C)C1. The van der Waals surface area contributed by atoms with Crippen molar-refractivity contribution in [1.29, 1.82) is 0 Å². The van der Waals surface area contributed by atoms with Crippen LogP contribution in [0.4, 0.5) is 4.79 Å². The lowest BCUT2D eigenvalue weighted by molar-refractivity contribution is 0.158. The second-order valence-electron chi connectivity index (χ2n) is 8.72. The number of amides is 2. The molecule has 1 aromatic carbocycles. The van der Waals surface area contributed by atoms with Crippen LogP contribution in [0.5, 0.6) is 0 Å². The minimum absolute atomic E-state index is 0.0251. The predicted octanol–water partition coefficient (Wildman–Crippen LogP) is 5.11. The van der Waals surface area contributed by atoms with Crippen LogP contribution in [0.15, 0.2) is 35.9 Å². The van der Waals surface area contributed by atoms with E-state index in [1.165, 1.54) is 5.57 Å². The van der Waals surface area contributed by atoms with Crippen molar-refractivity contribution in [3.8, 4) is 11.8 Å². The summed E-state index contributed by atoms with van der Waals surface area (Å²) in [5, 5.41) is 3.74. The quantitative estimate of drug-likeness (QED) is 0.683. The number of halogens is 1. The summed E-state index contributed by atoms with van der Waals surface area (Å²) in [6.07, 6.45) is 2.85. The Labute approximate surface area is 162 Å². The third kappa shape index (κ3) is 6.11. The molecular weight excluding hydrogens is 344 g/mol. The van der Waals surface area contributed by atoms with Gasteiger partial charge in [-0.15, -0.1) is 0 Å². The summed E-state index contributed by atoms with van der Waals surface area (Å²) in [6.45, 7) is 12.8. The standard InChI is InChI=1S/C22H29ClN2O/c1-21(2,3)15-24-20(26)25-13-12-18(22(4,5)16-25)10-6-8-17-9-7-11-19(23)14-17/h7,9-11,14H,12-13,15-16H2,1-5H3,(H,24,26)/b18-10+. The van der Waals surface area contributed by atoms with Gasteiger partial charge in [0.05, 0.1) is 0 Å². The first-order chi connectivity index (χ1) is 12.1. The highest BCUT2D eigenvalue weighted by Crippen LogP contribution is 2.34. The second kappa shape index (κ2) is 8.18. The normalized spacial score (nSPS) is 18.2. The summed E-state index contributed by atoms with van der Waals surface area (Å²) in [4.78, 5) is 14.3. The fraction of sp³-hybridized carbons (Fsp3) is 0.500. The summed E-state index contributed by atoms with van der Waals surface area (Å²) in [6, 6.07) is 7.58. The van der Waals surface area contributed by atoms with Gasteiger partial charge in [-0.3, -0.25) is 0 Å². The molecule has 1 saturated heterocycles. The molecule has 26 heavy (non-hydrogen) atoms. The van der Waals surface area contributed by atoms with Crippen LogP contribution in [0.2, 0.25) is 5.02 Å². The Balaban J connectivity index is 2.01. The molecule has 2 amide bonds. The Bertz CT molecular complexity index is 747. The van der Waals surface area contributed by atoms with E-state index in [9.17, 15) is 4.79 Å². The lowest BCUT2D eigenvalue weighted by atomic mass is 9.79. The van der Waals surface area contributed by atoms with Crippen LogP contribution in [0.25, 0.3) is 0 Å². The largest absolute Gasteiger partial charge is 0.337 e. The molecule has 140 valence electrons. The molecule has 0 radical (unpaired) electrons. The molecule has 1 aliphatic heterocycles. The van der Waals surface area contributed by atoms with Crippen LogP contribution in [-0.4, -0.2) is 30.6 Å². The van der Waals surface area contributed by atoms with Gasteiger partial charge < -0.3 is 10.2 Å². The van der Waals surface area contributed by atoms with Crippen molar-refractivity contribution >= 4 is 17.6 Å². The highest BCUT2D eigenvalue weighted by Gasteiger charge is 2.33. The van der Waals surface area contributed by atoms with Gasteiger partial charge in [0.1, 0.15) is 0 Å². The molecule has 2 rings (SSSR count). The number of carbonyl (C=O) groups excluding carboxylic acids is 1. The molecule has 1 aromatic rings. The van der Waals surface area contributed by atoms with Gasteiger partial charge in [0, 0.05) is 35.6 Å². The molecule has 0 aliphatic carbocycles. The van der Waals surface area contributed by atoms with Crippen molar-refractivity contribution in [3.05, 3.63) is 46.5 Å². The molecule has 1 heterocycles. The Morgan fingerprint density at radius 2 is 2.12 bits per heavy atom. The lowest BCUT2D eigenvalue weighted by Crippen LogP contribution is -2.50. The molecule has 1 N–H and O–H groups in total. The minimum Gasteiger partial charge on any atom is -0.337 e. The lowest BCUT2D eigenvalue weighted by Gasteiger charge is -2.40. The summed E-state index contributed by atoms with van der Waals surface area (Å²) >= 11 is 5.99. The van der Waals surface area contributed by atoms with E-state index < -0.39 is 0 Å². The highest BCUT2D eigenvalue weighted by atomic mass is 35.5. The molecule has 1 fully saturated rings. The van der Waals surface area contributed by atoms with E-state index in [-0.39, 0.29) is 16.9 Å². The fourth-order valence-electron chi connectivity index (χ4n) is 2.92. The van der Waals surface area contributed by atoms with Crippen molar-refractivity contribution in [3.63, 3.8) is 0 Å². The average Bonchev–Trinajstić information content (AvgIpc) is 2.53. The van der Waals surface area contributed by atoms with E-state index in [4.69, 9.17) is 11.6 Å². The summed E-state index contributed by atoms with van der Waals surface area (Å²) in [5.74, 6) is 6.29. The maximum atomic E-state index is 12.4. The number of piperidine rings is 1. The highest BCUT2D eigenvalue weighted by molar-refractivity contribution is 6.30. The van der Waals surface area contributed by atoms with E-state index in [0.717, 1.165) is 18.5 Å². The van der Waals surface area contributed by atoms with E-state index in [2.05, 4.69) is 51.8 Å². The van der Waals surface area contributed by atoms with Gasteiger partial charge in [0.15, 0.2) is 0 Å². The number of hydrogen-bond acceptors (Lipinski definition) is 1. The molecule has 4 heteroatoms. The van der Waals surface area contributed by atoms with Crippen molar-refractivity contribution in [1.82, 2.24) is 10.2 Å². The summed E-state index contributed by atoms with van der Waals surface area (Å²) in [5.41, 5.74) is 2.19. The van der Waals surface area contributed by atoms with Crippen molar-refractivity contribution in [2.45, 2.75) is 41.0 Å². The van der Waals surface area contributed by atoms with Crippen LogP contribution < -0.4 is 5.32 Å². The van der Waals surface area contributed by atoms with Crippen LogP contribution in [0.1, 0.15) is 46.6 Å². The smallest absolute Gasteiger partial charge is 0.317 e. The Hall–Kier alpha value is -1.92. The van der Waals surface area contributed by atoms with E-state index in [0.29, 0.717) is 18.1 Å². The van der Waals surface area contributed by atoms with E-state index in [1.54, 1.807) is 0 Å². The zero-order valence-electron chi connectivity index (χ0n) is 16.4. The first-order valence-electron chi connectivity index (χ1n) is 9.06. The van der Waals surface area contributed by atoms with Gasteiger partial charge in [-0.1, -0.05) is 69.7 Å². The topological polar surface area (TPSA) is 32.3 Å². The van der Waals surface area contributed by atoms with Gasteiger partial charge in [0.25, 0.3) is 0 Å². The zero-order chi connectivity index (χ0) is 19.4. The van der Waals surface area contributed by atoms with E-state index >= 15 is 0 Å². The monoisotopic (exact) mass is 372 g/mol. The Kier molecular flexibility index (Phi) is 6.42. The number of likely N-dealkylation sites (tertiary alicyclic amines) is 1. The number of rotatable bonds is 1. The minimum atomic E-state index is -0.0830. The number of allylic oxidation sites excluding steroid dienone is 1. The average molecular weight is 373 g/mol. The number of hydrogen-bond donors (Lipinski definition) is 1. The van der Waals surface area contributed by atoms with Gasteiger partial charge >= 0.3 is 6.03 Å². The first kappa shape index (κ1) is 20.4. The Morgan fingerprint density at radius 1 is 1.38 bits per heavy atom. The van der Waals surface area contributed by atoms with Crippen LogP contribution in [0, 0.1) is 22.7 Å². The Morgan fingerprint density at radius 3 is 2.73 bits per heavy atom. The van der Waals surface area contributed by atoms with Crippen molar-refractivity contribution in [2.24, 2.45) is 10.8 Å². The van der Waals surface area contributed by atoms with Crippen LogP contribution >= 0.6 is 11.6 Å². The molecular formula is C22H29ClN2O. The molecule has 0 bridgehead atoms. The van der Waals surface area contributed by atoms with Crippen LogP contribution in [0.3, 0.4) is 0 Å². The molecule has 0 unspecified atom stereocenters. The van der Waals surface area contributed by atoms with Crippen LogP contribution in [-0.2, 0) is 0 Å². The number of nitrogens with zero attached hydrogens (tertiary/aromatic N) is 1. The maximum absolute atomic E-state index is 12.4.